The van der Waals surface area contributed by atoms with Crippen molar-refractivity contribution in [1.82, 2.24) is 9.80 Å². The van der Waals surface area contributed by atoms with Gasteiger partial charge in [0.05, 0.1) is 5.92 Å². The Balaban J connectivity index is 1.71. The van der Waals surface area contributed by atoms with Crippen LogP contribution in [-0.4, -0.2) is 47.8 Å². The maximum Gasteiger partial charge on any atom is 0.289 e. The van der Waals surface area contributed by atoms with Gasteiger partial charge in [-0.1, -0.05) is 0 Å². The third-order valence-electron chi connectivity index (χ3n) is 4.14. The Morgan fingerprint density at radius 2 is 2.16 bits per heavy atom. The van der Waals surface area contributed by atoms with Crippen LogP contribution >= 0.6 is 0 Å². The second-order valence-corrected chi connectivity index (χ2v) is 5.36. The second kappa shape index (κ2) is 4.40. The standard InChI is InChI=1S/C14H18N2O3/c1-3-15-6-10-7-16(8-11(10)13(15)17)14(18)12-5-4-9(2)19-12/h4-5,10-11H,3,6-8H2,1-2H3/t10-,11+/m1/s1. The lowest BCUT2D eigenvalue weighted by molar-refractivity contribution is -0.130. The van der Waals surface area contributed by atoms with Crippen molar-refractivity contribution >= 4 is 11.8 Å². The minimum absolute atomic E-state index is 0.0139. The van der Waals surface area contributed by atoms with Gasteiger partial charge in [0.2, 0.25) is 5.91 Å². The van der Waals surface area contributed by atoms with Crippen molar-refractivity contribution in [3.63, 3.8) is 0 Å². The van der Waals surface area contributed by atoms with Crippen LogP contribution in [0.15, 0.2) is 16.5 Å². The molecule has 0 unspecified atom stereocenters. The molecule has 0 aromatic carbocycles. The summed E-state index contributed by atoms with van der Waals surface area (Å²) in [5.74, 6) is 1.47. The number of amides is 2. The van der Waals surface area contributed by atoms with E-state index in [0.717, 1.165) is 18.8 Å². The average Bonchev–Trinajstić information content (AvgIpc) is 3.05. The third-order valence-corrected chi connectivity index (χ3v) is 4.14. The molecule has 0 radical (unpaired) electrons. The maximum atomic E-state index is 12.3. The average molecular weight is 262 g/mol. The predicted octanol–water partition coefficient (Wildman–Crippen LogP) is 1.14. The molecule has 19 heavy (non-hydrogen) atoms. The molecule has 3 heterocycles. The van der Waals surface area contributed by atoms with Crippen molar-refractivity contribution in [3.05, 3.63) is 23.7 Å². The zero-order valence-corrected chi connectivity index (χ0v) is 11.3. The molecule has 5 heteroatoms. The third kappa shape index (κ3) is 1.93. The molecule has 0 saturated carbocycles. The Labute approximate surface area is 112 Å². The van der Waals surface area contributed by atoms with Gasteiger partial charge in [-0.15, -0.1) is 0 Å². The molecule has 1 aromatic heterocycles. The molecule has 2 fully saturated rings. The molecule has 3 rings (SSSR count). The molecule has 1 aromatic rings. The van der Waals surface area contributed by atoms with Gasteiger partial charge in [0.15, 0.2) is 5.76 Å². The number of furan rings is 1. The van der Waals surface area contributed by atoms with E-state index in [1.54, 1.807) is 17.0 Å². The predicted molar refractivity (Wildman–Crippen MR) is 68.6 cm³/mol. The summed E-state index contributed by atoms with van der Waals surface area (Å²) in [5.41, 5.74) is 0. The summed E-state index contributed by atoms with van der Waals surface area (Å²) in [6.45, 7) is 6.54. The molecular formula is C14H18N2O3. The van der Waals surface area contributed by atoms with E-state index < -0.39 is 0 Å². The minimum Gasteiger partial charge on any atom is -0.456 e. The molecule has 0 spiro atoms. The van der Waals surface area contributed by atoms with E-state index in [4.69, 9.17) is 4.42 Å². The summed E-state index contributed by atoms with van der Waals surface area (Å²) in [4.78, 5) is 28.0. The van der Waals surface area contributed by atoms with Gasteiger partial charge in [-0.05, 0) is 26.0 Å². The van der Waals surface area contributed by atoms with Crippen molar-refractivity contribution < 1.29 is 14.0 Å². The number of carbonyl (C=O) groups is 2. The van der Waals surface area contributed by atoms with E-state index in [2.05, 4.69) is 0 Å². The van der Waals surface area contributed by atoms with Gasteiger partial charge >= 0.3 is 0 Å². The minimum atomic E-state index is -0.0988. The fourth-order valence-corrected chi connectivity index (χ4v) is 3.10. The summed E-state index contributed by atoms with van der Waals surface area (Å²) in [6, 6.07) is 3.49. The molecule has 102 valence electrons. The first-order valence-corrected chi connectivity index (χ1v) is 6.74. The maximum absolute atomic E-state index is 12.3. The Kier molecular flexibility index (Phi) is 2.84. The Bertz CT molecular complexity index is 523. The number of fused-ring (bicyclic) bond motifs is 1. The highest BCUT2D eigenvalue weighted by molar-refractivity contribution is 5.93. The first-order chi connectivity index (χ1) is 9.10. The normalized spacial score (nSPS) is 26.1. The number of rotatable bonds is 2. The molecule has 2 aliphatic rings. The van der Waals surface area contributed by atoms with Crippen molar-refractivity contribution in [3.8, 4) is 0 Å². The summed E-state index contributed by atoms with van der Waals surface area (Å²) < 4.78 is 5.36. The highest BCUT2D eigenvalue weighted by atomic mass is 16.3. The van der Waals surface area contributed by atoms with E-state index in [1.807, 2.05) is 18.7 Å². The van der Waals surface area contributed by atoms with Gasteiger partial charge in [0.1, 0.15) is 5.76 Å². The van der Waals surface area contributed by atoms with E-state index >= 15 is 0 Å². The summed E-state index contributed by atoms with van der Waals surface area (Å²) in [6.07, 6.45) is 0. The van der Waals surface area contributed by atoms with Crippen LogP contribution in [0.3, 0.4) is 0 Å². The number of likely N-dealkylation sites (tertiary alicyclic amines) is 2. The van der Waals surface area contributed by atoms with Crippen LogP contribution in [0.2, 0.25) is 0 Å². The zero-order valence-electron chi connectivity index (χ0n) is 11.3. The first-order valence-electron chi connectivity index (χ1n) is 6.74. The molecule has 0 N–H and O–H groups in total. The van der Waals surface area contributed by atoms with Crippen LogP contribution in [0.1, 0.15) is 23.2 Å². The van der Waals surface area contributed by atoms with Crippen LogP contribution in [0.25, 0.3) is 0 Å². The van der Waals surface area contributed by atoms with Gasteiger partial charge in [-0.2, -0.15) is 0 Å². The zero-order chi connectivity index (χ0) is 13.6. The molecule has 2 saturated heterocycles. The van der Waals surface area contributed by atoms with E-state index in [1.165, 1.54) is 0 Å². The van der Waals surface area contributed by atoms with E-state index in [0.29, 0.717) is 18.8 Å². The largest absolute Gasteiger partial charge is 0.456 e. The summed E-state index contributed by atoms with van der Waals surface area (Å²) in [7, 11) is 0. The number of hydrogen-bond acceptors (Lipinski definition) is 3. The number of nitrogens with zero attached hydrogens (tertiary/aromatic N) is 2. The lowest BCUT2D eigenvalue weighted by Crippen LogP contribution is -2.35. The van der Waals surface area contributed by atoms with Crippen molar-refractivity contribution in [1.29, 1.82) is 0 Å². The highest BCUT2D eigenvalue weighted by Gasteiger charge is 2.47. The first kappa shape index (κ1) is 12.3. The topological polar surface area (TPSA) is 53.8 Å². The van der Waals surface area contributed by atoms with Gasteiger partial charge in [-0.25, -0.2) is 0 Å². The smallest absolute Gasteiger partial charge is 0.289 e. The molecule has 2 amide bonds. The molecule has 0 bridgehead atoms. The summed E-state index contributed by atoms with van der Waals surface area (Å²) in [5, 5.41) is 0. The van der Waals surface area contributed by atoms with Crippen LogP contribution < -0.4 is 0 Å². The van der Waals surface area contributed by atoms with Crippen LogP contribution in [-0.2, 0) is 4.79 Å². The van der Waals surface area contributed by atoms with Gasteiger partial charge in [0, 0.05) is 32.1 Å². The molecule has 5 nitrogen and oxygen atoms in total. The van der Waals surface area contributed by atoms with E-state index in [-0.39, 0.29) is 23.7 Å². The van der Waals surface area contributed by atoms with E-state index in [9.17, 15) is 9.59 Å². The fourth-order valence-electron chi connectivity index (χ4n) is 3.10. The summed E-state index contributed by atoms with van der Waals surface area (Å²) >= 11 is 0. The molecular weight excluding hydrogens is 244 g/mol. The fraction of sp³-hybridized carbons (Fsp3) is 0.571. The quantitative estimate of drug-likeness (QED) is 0.803. The highest BCUT2D eigenvalue weighted by Crippen LogP contribution is 2.32. The molecule has 2 atom stereocenters. The monoisotopic (exact) mass is 262 g/mol. The molecule has 0 aliphatic carbocycles. The van der Waals surface area contributed by atoms with Gasteiger partial charge in [-0.3, -0.25) is 9.59 Å². The lowest BCUT2D eigenvalue weighted by atomic mass is 10.0. The number of carbonyl (C=O) groups excluding carboxylic acids is 2. The van der Waals surface area contributed by atoms with Crippen molar-refractivity contribution in [2.45, 2.75) is 13.8 Å². The van der Waals surface area contributed by atoms with Crippen molar-refractivity contribution in [2.75, 3.05) is 26.2 Å². The lowest BCUT2D eigenvalue weighted by Gasteiger charge is -2.19. The van der Waals surface area contributed by atoms with Crippen LogP contribution in [0.4, 0.5) is 0 Å². The Hall–Kier alpha value is -1.78. The number of hydrogen-bond donors (Lipinski definition) is 0. The SMILES string of the molecule is CCN1C[C@@H]2CN(C(=O)c3ccc(C)o3)C[C@@H]2C1=O. The van der Waals surface area contributed by atoms with Crippen LogP contribution in [0.5, 0.6) is 0 Å². The van der Waals surface area contributed by atoms with Gasteiger partial charge < -0.3 is 14.2 Å². The second-order valence-electron chi connectivity index (χ2n) is 5.36. The van der Waals surface area contributed by atoms with Crippen molar-refractivity contribution in [2.24, 2.45) is 11.8 Å². The Morgan fingerprint density at radius 1 is 1.37 bits per heavy atom. The Morgan fingerprint density at radius 3 is 2.74 bits per heavy atom. The van der Waals surface area contributed by atoms with Crippen LogP contribution in [0, 0.1) is 18.8 Å². The number of aryl methyl sites for hydroxylation is 1. The van der Waals surface area contributed by atoms with Gasteiger partial charge in [0.25, 0.3) is 5.91 Å². The molecule has 2 aliphatic heterocycles.